The van der Waals surface area contributed by atoms with E-state index in [1.165, 1.54) is 12.1 Å². The molecule has 0 unspecified atom stereocenters. The third-order valence-corrected chi connectivity index (χ3v) is 3.09. The maximum Gasteiger partial charge on any atom is 0.228 e. The second-order valence-electron chi connectivity index (χ2n) is 4.63. The number of halogens is 1. The van der Waals surface area contributed by atoms with Crippen molar-refractivity contribution in [2.45, 2.75) is 6.42 Å². The zero-order valence-electron chi connectivity index (χ0n) is 10.7. The first-order chi connectivity index (χ1) is 9.70. The summed E-state index contributed by atoms with van der Waals surface area (Å²) in [6.07, 6.45) is 2.01. The van der Waals surface area contributed by atoms with Crippen LogP contribution >= 0.6 is 0 Å². The van der Waals surface area contributed by atoms with E-state index in [4.69, 9.17) is 0 Å². The third kappa shape index (κ3) is 2.69. The molecule has 100 valence electrons. The summed E-state index contributed by atoms with van der Waals surface area (Å²) in [5.74, 6) is -0.491. The number of amides is 1. The third-order valence-electron chi connectivity index (χ3n) is 3.09. The molecule has 0 bridgehead atoms. The van der Waals surface area contributed by atoms with Gasteiger partial charge in [-0.2, -0.15) is 0 Å². The average molecular weight is 268 g/mol. The summed E-state index contributed by atoms with van der Waals surface area (Å²) in [5, 5.41) is 3.85. The van der Waals surface area contributed by atoms with Crippen LogP contribution in [0, 0.1) is 5.82 Å². The van der Waals surface area contributed by atoms with E-state index in [0.717, 1.165) is 16.6 Å². The number of nitrogens with one attached hydrogen (secondary N) is 2. The van der Waals surface area contributed by atoms with Crippen molar-refractivity contribution in [3.8, 4) is 0 Å². The Morgan fingerprint density at radius 1 is 1.15 bits per heavy atom. The molecule has 1 heterocycles. The van der Waals surface area contributed by atoms with E-state index in [2.05, 4.69) is 10.3 Å². The van der Waals surface area contributed by atoms with Crippen LogP contribution in [-0.2, 0) is 11.2 Å². The first kappa shape index (κ1) is 12.4. The van der Waals surface area contributed by atoms with Gasteiger partial charge in [-0.1, -0.05) is 12.1 Å². The smallest absolute Gasteiger partial charge is 0.228 e. The standard InChI is InChI=1S/C16H13FN2O/c17-13-3-1-2-11(8-13)9-16(20)19-14-4-5-15-12(10-14)6-7-18-15/h1-8,10,18H,9H2,(H,19,20). The van der Waals surface area contributed by atoms with Gasteiger partial charge in [0.25, 0.3) is 0 Å². The second kappa shape index (κ2) is 5.17. The highest BCUT2D eigenvalue weighted by Crippen LogP contribution is 2.18. The van der Waals surface area contributed by atoms with Crippen LogP contribution in [0.15, 0.2) is 54.7 Å². The molecule has 0 saturated carbocycles. The van der Waals surface area contributed by atoms with Crippen molar-refractivity contribution < 1.29 is 9.18 Å². The van der Waals surface area contributed by atoms with Crippen LogP contribution in [0.2, 0.25) is 0 Å². The molecule has 0 saturated heterocycles. The molecule has 2 N–H and O–H groups in total. The lowest BCUT2D eigenvalue weighted by Crippen LogP contribution is -2.14. The first-order valence-electron chi connectivity index (χ1n) is 6.32. The minimum Gasteiger partial charge on any atom is -0.361 e. The van der Waals surface area contributed by atoms with Crippen molar-refractivity contribution in [2.75, 3.05) is 5.32 Å². The maximum atomic E-state index is 13.0. The molecule has 2 aromatic carbocycles. The minimum absolute atomic E-state index is 0.156. The zero-order chi connectivity index (χ0) is 13.9. The van der Waals surface area contributed by atoms with Crippen molar-refractivity contribution >= 4 is 22.5 Å². The molecule has 1 aromatic heterocycles. The van der Waals surface area contributed by atoms with E-state index >= 15 is 0 Å². The molecular formula is C16H13FN2O. The fourth-order valence-corrected chi connectivity index (χ4v) is 2.17. The van der Waals surface area contributed by atoms with Crippen LogP contribution in [0.1, 0.15) is 5.56 Å². The normalized spacial score (nSPS) is 10.7. The summed E-state index contributed by atoms with van der Waals surface area (Å²) >= 11 is 0. The van der Waals surface area contributed by atoms with Gasteiger partial charge in [0.2, 0.25) is 5.91 Å². The number of benzene rings is 2. The van der Waals surface area contributed by atoms with Crippen molar-refractivity contribution in [2.24, 2.45) is 0 Å². The summed E-state index contributed by atoms with van der Waals surface area (Å²) < 4.78 is 13.0. The number of aromatic amines is 1. The molecule has 0 spiro atoms. The Balaban J connectivity index is 1.72. The first-order valence-corrected chi connectivity index (χ1v) is 6.32. The minimum atomic E-state index is -0.330. The highest BCUT2D eigenvalue weighted by molar-refractivity contribution is 5.94. The number of hydrogen-bond acceptors (Lipinski definition) is 1. The molecule has 20 heavy (non-hydrogen) atoms. The molecule has 0 aliphatic rings. The van der Waals surface area contributed by atoms with Crippen LogP contribution in [0.25, 0.3) is 10.9 Å². The van der Waals surface area contributed by atoms with Gasteiger partial charge in [-0.15, -0.1) is 0 Å². The molecule has 3 nitrogen and oxygen atoms in total. The number of rotatable bonds is 3. The van der Waals surface area contributed by atoms with E-state index in [-0.39, 0.29) is 18.1 Å². The fourth-order valence-electron chi connectivity index (χ4n) is 2.17. The van der Waals surface area contributed by atoms with Crippen LogP contribution in [0.3, 0.4) is 0 Å². The lowest BCUT2D eigenvalue weighted by molar-refractivity contribution is -0.115. The average Bonchev–Trinajstić information content (AvgIpc) is 2.86. The number of H-pyrrole nitrogens is 1. The molecule has 3 rings (SSSR count). The summed E-state index contributed by atoms with van der Waals surface area (Å²) in [5.41, 5.74) is 2.41. The maximum absolute atomic E-state index is 13.0. The lowest BCUT2D eigenvalue weighted by Gasteiger charge is -2.05. The van der Waals surface area contributed by atoms with Gasteiger partial charge in [0, 0.05) is 22.8 Å². The van der Waals surface area contributed by atoms with E-state index in [0.29, 0.717) is 5.56 Å². The second-order valence-corrected chi connectivity index (χ2v) is 4.63. The van der Waals surface area contributed by atoms with Gasteiger partial charge in [0.05, 0.1) is 6.42 Å². The van der Waals surface area contributed by atoms with Crippen molar-refractivity contribution in [1.82, 2.24) is 4.98 Å². The number of carbonyl (C=O) groups excluding carboxylic acids is 1. The molecule has 0 fully saturated rings. The van der Waals surface area contributed by atoms with E-state index < -0.39 is 0 Å². The predicted octanol–water partition coefficient (Wildman–Crippen LogP) is 3.49. The predicted molar refractivity (Wildman–Crippen MR) is 77.0 cm³/mol. The number of aromatic nitrogens is 1. The summed E-state index contributed by atoms with van der Waals surface area (Å²) in [6, 6.07) is 13.7. The summed E-state index contributed by atoms with van der Waals surface area (Å²) in [7, 11) is 0. The summed E-state index contributed by atoms with van der Waals surface area (Å²) in [4.78, 5) is 15.0. The summed E-state index contributed by atoms with van der Waals surface area (Å²) in [6.45, 7) is 0. The Kier molecular flexibility index (Phi) is 3.21. The Morgan fingerprint density at radius 3 is 2.90 bits per heavy atom. The Bertz CT molecular complexity index is 764. The largest absolute Gasteiger partial charge is 0.361 e. The molecule has 3 aromatic rings. The molecule has 0 atom stereocenters. The number of fused-ring (bicyclic) bond motifs is 1. The Morgan fingerprint density at radius 2 is 2.05 bits per heavy atom. The van der Waals surface area contributed by atoms with Gasteiger partial charge in [-0.3, -0.25) is 4.79 Å². The van der Waals surface area contributed by atoms with Crippen LogP contribution < -0.4 is 5.32 Å². The van der Waals surface area contributed by atoms with Gasteiger partial charge in [0.15, 0.2) is 0 Å². The zero-order valence-corrected chi connectivity index (χ0v) is 10.7. The van der Waals surface area contributed by atoms with Crippen molar-refractivity contribution in [3.05, 3.63) is 66.1 Å². The van der Waals surface area contributed by atoms with E-state index in [1.54, 1.807) is 12.1 Å². The Labute approximate surface area is 115 Å². The van der Waals surface area contributed by atoms with Crippen molar-refractivity contribution in [3.63, 3.8) is 0 Å². The molecule has 1 amide bonds. The van der Waals surface area contributed by atoms with Gasteiger partial charge < -0.3 is 10.3 Å². The monoisotopic (exact) mass is 268 g/mol. The van der Waals surface area contributed by atoms with Crippen LogP contribution in [0.5, 0.6) is 0 Å². The van der Waals surface area contributed by atoms with Gasteiger partial charge in [0.1, 0.15) is 5.82 Å². The lowest BCUT2D eigenvalue weighted by atomic mass is 10.1. The number of carbonyl (C=O) groups is 1. The quantitative estimate of drug-likeness (QED) is 0.750. The molecule has 0 aliphatic carbocycles. The van der Waals surface area contributed by atoms with Crippen molar-refractivity contribution in [1.29, 1.82) is 0 Å². The highest BCUT2D eigenvalue weighted by Gasteiger charge is 2.05. The number of anilines is 1. The fraction of sp³-hybridized carbons (Fsp3) is 0.0625. The Hall–Kier alpha value is -2.62. The van der Waals surface area contributed by atoms with Gasteiger partial charge in [-0.05, 0) is 42.0 Å². The van der Waals surface area contributed by atoms with Crippen LogP contribution in [0.4, 0.5) is 10.1 Å². The topological polar surface area (TPSA) is 44.9 Å². The SMILES string of the molecule is O=C(Cc1cccc(F)c1)Nc1ccc2[nH]ccc2c1. The molecular weight excluding hydrogens is 255 g/mol. The molecule has 4 heteroatoms. The van der Waals surface area contributed by atoms with Crippen LogP contribution in [-0.4, -0.2) is 10.9 Å². The van der Waals surface area contributed by atoms with Gasteiger partial charge >= 0.3 is 0 Å². The van der Waals surface area contributed by atoms with E-state index in [9.17, 15) is 9.18 Å². The van der Waals surface area contributed by atoms with E-state index in [1.807, 2.05) is 30.5 Å². The number of hydrogen-bond donors (Lipinski definition) is 2. The molecule has 0 radical (unpaired) electrons. The molecule has 0 aliphatic heterocycles. The van der Waals surface area contributed by atoms with Gasteiger partial charge in [-0.25, -0.2) is 4.39 Å². The highest BCUT2D eigenvalue weighted by atomic mass is 19.1.